The highest BCUT2D eigenvalue weighted by Gasteiger charge is 2.44. The van der Waals surface area contributed by atoms with Crippen LogP contribution in [0.5, 0.6) is 0 Å². The molecule has 1 aliphatic carbocycles. The fraction of sp³-hybridized carbons (Fsp3) is 0.500. The van der Waals surface area contributed by atoms with Gasteiger partial charge in [0.05, 0.1) is 18.1 Å². The van der Waals surface area contributed by atoms with Crippen molar-refractivity contribution >= 4 is 17.5 Å². The van der Waals surface area contributed by atoms with Gasteiger partial charge in [-0.2, -0.15) is 0 Å². The molecular formula is C16H19FN2O3. The van der Waals surface area contributed by atoms with Crippen LogP contribution >= 0.6 is 0 Å². The molecule has 1 saturated carbocycles. The third-order valence-corrected chi connectivity index (χ3v) is 4.59. The highest BCUT2D eigenvalue weighted by atomic mass is 19.1. The number of carbonyl (C=O) groups is 2. The molecule has 3 N–H and O–H groups in total. The van der Waals surface area contributed by atoms with Crippen molar-refractivity contribution in [2.45, 2.75) is 37.6 Å². The van der Waals surface area contributed by atoms with Crippen molar-refractivity contribution in [2.75, 3.05) is 11.9 Å². The Morgan fingerprint density at radius 2 is 2.23 bits per heavy atom. The lowest BCUT2D eigenvalue weighted by Crippen LogP contribution is -2.52. The molecule has 1 fully saturated rings. The van der Waals surface area contributed by atoms with Gasteiger partial charge >= 0.3 is 0 Å². The summed E-state index contributed by atoms with van der Waals surface area (Å²) in [6.07, 6.45) is 1.98. The van der Waals surface area contributed by atoms with Crippen LogP contribution in [-0.2, 0) is 9.59 Å². The lowest BCUT2D eigenvalue weighted by Gasteiger charge is -2.32. The van der Waals surface area contributed by atoms with Crippen LogP contribution in [0.15, 0.2) is 18.2 Å². The third-order valence-electron chi connectivity index (χ3n) is 4.59. The second-order valence-corrected chi connectivity index (χ2v) is 6.38. The van der Waals surface area contributed by atoms with Crippen molar-refractivity contribution in [3.8, 4) is 0 Å². The molecule has 6 heteroatoms. The Balaban J connectivity index is 1.85. The fourth-order valence-corrected chi connectivity index (χ4v) is 3.03. The van der Waals surface area contributed by atoms with Gasteiger partial charge in [-0.15, -0.1) is 0 Å². The first-order valence-corrected chi connectivity index (χ1v) is 7.45. The molecule has 1 heterocycles. The molecule has 118 valence electrons. The minimum absolute atomic E-state index is 0.0244. The third kappa shape index (κ3) is 2.70. The Labute approximate surface area is 127 Å². The molecule has 5 nitrogen and oxygen atoms in total. The maximum Gasteiger partial charge on any atom is 0.228 e. The van der Waals surface area contributed by atoms with Gasteiger partial charge in [0, 0.05) is 12.1 Å². The lowest BCUT2D eigenvalue weighted by molar-refractivity contribution is -0.128. The summed E-state index contributed by atoms with van der Waals surface area (Å²) in [4.78, 5) is 24.4. The predicted octanol–water partition coefficient (Wildman–Crippen LogP) is 1.53. The number of benzene rings is 1. The molecule has 22 heavy (non-hydrogen) atoms. The molecule has 1 aliphatic heterocycles. The fourth-order valence-electron chi connectivity index (χ4n) is 3.03. The van der Waals surface area contributed by atoms with E-state index in [0.717, 1.165) is 12.8 Å². The van der Waals surface area contributed by atoms with Crippen LogP contribution in [0.3, 0.4) is 0 Å². The van der Waals surface area contributed by atoms with Crippen molar-refractivity contribution < 1.29 is 19.1 Å². The zero-order valence-electron chi connectivity index (χ0n) is 12.4. The minimum atomic E-state index is -0.662. The van der Waals surface area contributed by atoms with E-state index in [0.29, 0.717) is 11.3 Å². The van der Waals surface area contributed by atoms with Gasteiger partial charge in [-0.25, -0.2) is 4.39 Å². The van der Waals surface area contributed by atoms with E-state index < -0.39 is 17.3 Å². The summed E-state index contributed by atoms with van der Waals surface area (Å²) in [5, 5.41) is 15.1. The zero-order valence-corrected chi connectivity index (χ0v) is 12.4. The van der Waals surface area contributed by atoms with Gasteiger partial charge in [0.1, 0.15) is 5.82 Å². The highest BCUT2D eigenvalue weighted by Crippen LogP contribution is 2.40. The quantitative estimate of drug-likeness (QED) is 0.789. The Morgan fingerprint density at radius 3 is 2.86 bits per heavy atom. The number of carbonyl (C=O) groups excluding carboxylic acids is 2. The van der Waals surface area contributed by atoms with Gasteiger partial charge in [-0.3, -0.25) is 9.59 Å². The molecule has 0 saturated heterocycles. The van der Waals surface area contributed by atoms with Crippen molar-refractivity contribution in [3.05, 3.63) is 29.6 Å². The standard InChI is InChI=1S/C16H19FN2O3/c1-16(8-20,9-2-3-9)19-15(22)12-7-14(21)18-13-6-10(17)4-5-11(12)13/h4-6,9,12,20H,2-3,7-8H2,1H3,(H,18,21)(H,19,22). The van der Waals surface area contributed by atoms with E-state index in [2.05, 4.69) is 10.6 Å². The van der Waals surface area contributed by atoms with Crippen LogP contribution in [0.25, 0.3) is 0 Å². The molecule has 1 aromatic carbocycles. The molecule has 3 rings (SSSR count). The first kappa shape index (κ1) is 15.0. The number of aliphatic hydroxyl groups is 1. The van der Waals surface area contributed by atoms with E-state index in [4.69, 9.17) is 0 Å². The van der Waals surface area contributed by atoms with E-state index >= 15 is 0 Å². The van der Waals surface area contributed by atoms with Crippen LogP contribution in [-0.4, -0.2) is 29.1 Å². The number of amides is 2. The first-order valence-electron chi connectivity index (χ1n) is 7.45. The predicted molar refractivity (Wildman–Crippen MR) is 78.7 cm³/mol. The van der Waals surface area contributed by atoms with Crippen LogP contribution in [0.2, 0.25) is 0 Å². The normalized spacial score (nSPS) is 23.2. The summed E-state index contributed by atoms with van der Waals surface area (Å²) in [5.74, 6) is -1.46. The number of nitrogens with one attached hydrogen (secondary N) is 2. The number of fused-ring (bicyclic) bond motifs is 1. The smallest absolute Gasteiger partial charge is 0.228 e. The minimum Gasteiger partial charge on any atom is -0.394 e. The Bertz CT molecular complexity index is 630. The summed E-state index contributed by atoms with van der Waals surface area (Å²) in [6, 6.07) is 4.03. The number of rotatable bonds is 4. The van der Waals surface area contributed by atoms with Gasteiger partial charge < -0.3 is 15.7 Å². The molecule has 1 aromatic rings. The second kappa shape index (κ2) is 5.35. The lowest BCUT2D eigenvalue weighted by atomic mass is 9.88. The Morgan fingerprint density at radius 1 is 1.50 bits per heavy atom. The SMILES string of the molecule is CC(CO)(NC(=O)C1CC(=O)Nc2cc(F)ccc21)C1CC1. The number of aliphatic hydroxyl groups excluding tert-OH is 1. The molecule has 0 aromatic heterocycles. The van der Waals surface area contributed by atoms with E-state index in [1.54, 1.807) is 0 Å². The maximum atomic E-state index is 13.3. The average molecular weight is 306 g/mol. The van der Waals surface area contributed by atoms with Crippen LogP contribution in [0, 0.1) is 11.7 Å². The van der Waals surface area contributed by atoms with Crippen molar-refractivity contribution in [2.24, 2.45) is 5.92 Å². The molecule has 0 spiro atoms. The summed E-state index contributed by atoms with van der Waals surface area (Å²) >= 11 is 0. The van der Waals surface area contributed by atoms with Gasteiger partial charge in [0.2, 0.25) is 11.8 Å². The number of halogens is 1. The number of hydrogen-bond acceptors (Lipinski definition) is 3. The molecule has 0 radical (unpaired) electrons. The van der Waals surface area contributed by atoms with Gasteiger partial charge in [-0.1, -0.05) is 6.07 Å². The number of anilines is 1. The van der Waals surface area contributed by atoms with Gasteiger partial charge in [-0.05, 0) is 43.4 Å². The summed E-state index contributed by atoms with van der Waals surface area (Å²) < 4.78 is 13.3. The monoisotopic (exact) mass is 306 g/mol. The van der Waals surface area contributed by atoms with Crippen LogP contribution in [0.4, 0.5) is 10.1 Å². The molecule has 2 amide bonds. The van der Waals surface area contributed by atoms with Gasteiger partial charge in [0.15, 0.2) is 0 Å². The number of hydrogen-bond donors (Lipinski definition) is 3. The first-order chi connectivity index (χ1) is 10.4. The zero-order chi connectivity index (χ0) is 15.9. The molecule has 0 bridgehead atoms. The second-order valence-electron chi connectivity index (χ2n) is 6.38. The topological polar surface area (TPSA) is 78.4 Å². The maximum absolute atomic E-state index is 13.3. The van der Waals surface area contributed by atoms with E-state index in [9.17, 15) is 19.1 Å². The summed E-state index contributed by atoms with van der Waals surface area (Å²) in [6.45, 7) is 1.68. The Hall–Kier alpha value is -1.95. The summed E-state index contributed by atoms with van der Waals surface area (Å²) in [7, 11) is 0. The van der Waals surface area contributed by atoms with E-state index in [-0.39, 0.29) is 30.8 Å². The molecule has 2 unspecified atom stereocenters. The van der Waals surface area contributed by atoms with Crippen molar-refractivity contribution in [1.29, 1.82) is 0 Å². The van der Waals surface area contributed by atoms with E-state index in [1.165, 1.54) is 18.2 Å². The van der Waals surface area contributed by atoms with Crippen molar-refractivity contribution in [1.82, 2.24) is 5.32 Å². The Kier molecular flexibility index (Phi) is 3.64. The van der Waals surface area contributed by atoms with Crippen LogP contribution in [0.1, 0.15) is 37.7 Å². The average Bonchev–Trinajstić information content (AvgIpc) is 3.30. The molecule has 2 atom stereocenters. The largest absolute Gasteiger partial charge is 0.394 e. The summed E-state index contributed by atoms with van der Waals surface area (Å²) in [5.41, 5.74) is 0.286. The van der Waals surface area contributed by atoms with E-state index in [1.807, 2.05) is 6.92 Å². The molecular weight excluding hydrogens is 287 g/mol. The van der Waals surface area contributed by atoms with Gasteiger partial charge in [0.25, 0.3) is 0 Å². The highest BCUT2D eigenvalue weighted by molar-refractivity contribution is 6.01. The molecule has 2 aliphatic rings. The van der Waals surface area contributed by atoms with Crippen molar-refractivity contribution in [3.63, 3.8) is 0 Å². The van der Waals surface area contributed by atoms with Crippen LogP contribution < -0.4 is 10.6 Å².